The van der Waals surface area contributed by atoms with Gasteiger partial charge in [0.2, 0.25) is 15.9 Å². The molecule has 2 fully saturated rings. The van der Waals surface area contributed by atoms with Crippen LogP contribution in [-0.2, 0) is 24.3 Å². The lowest BCUT2D eigenvalue weighted by Gasteiger charge is -2.28. The molecule has 10 heteroatoms. The third-order valence-corrected chi connectivity index (χ3v) is 4.44. The first kappa shape index (κ1) is 17.6. The molecule has 1 amide bonds. The van der Waals surface area contributed by atoms with Gasteiger partial charge in [0.1, 0.15) is 18.3 Å². The zero-order chi connectivity index (χ0) is 16.3. The number of carbonyl (C=O) groups excluding carboxylic acids is 1. The summed E-state index contributed by atoms with van der Waals surface area (Å²) in [6, 6.07) is 0. The van der Waals surface area contributed by atoms with Crippen LogP contribution in [0.15, 0.2) is 0 Å². The molecule has 128 valence electrons. The summed E-state index contributed by atoms with van der Waals surface area (Å²) in [5.74, 6) is -0.184. The van der Waals surface area contributed by atoms with Crippen LogP contribution in [0.5, 0.6) is 0 Å². The molecule has 0 saturated carbocycles. The maximum Gasteiger partial charge on any atom is 0.225 e. The van der Waals surface area contributed by atoms with E-state index < -0.39 is 34.4 Å². The van der Waals surface area contributed by atoms with E-state index in [1.54, 1.807) is 4.90 Å². The number of aliphatic hydroxyl groups excluding tert-OH is 2. The molecule has 2 saturated heterocycles. The van der Waals surface area contributed by atoms with E-state index in [0.717, 1.165) is 6.26 Å². The number of nitrogens with one attached hydrogen (secondary N) is 1. The Bertz CT molecular complexity index is 492. The van der Waals surface area contributed by atoms with E-state index in [9.17, 15) is 23.4 Å². The summed E-state index contributed by atoms with van der Waals surface area (Å²) in [5.41, 5.74) is 0. The molecular formula is C12H22N2O7S. The third-order valence-electron chi connectivity index (χ3n) is 3.75. The molecule has 4 unspecified atom stereocenters. The largest absolute Gasteiger partial charge is 0.388 e. The highest BCUT2D eigenvalue weighted by molar-refractivity contribution is 7.88. The molecule has 22 heavy (non-hydrogen) atoms. The average Bonchev–Trinajstić information content (AvgIpc) is 2.73. The number of sulfonamides is 1. The van der Waals surface area contributed by atoms with Crippen molar-refractivity contribution >= 4 is 15.9 Å². The Morgan fingerprint density at radius 1 is 1.23 bits per heavy atom. The first-order valence-electron chi connectivity index (χ1n) is 7.09. The fourth-order valence-electron chi connectivity index (χ4n) is 2.51. The van der Waals surface area contributed by atoms with Gasteiger partial charge in [0.25, 0.3) is 0 Å². The maximum absolute atomic E-state index is 12.1. The molecule has 4 atom stereocenters. The maximum atomic E-state index is 12.1. The minimum absolute atomic E-state index is 0.0619. The lowest BCUT2D eigenvalue weighted by atomic mass is 10.1. The van der Waals surface area contributed by atoms with Gasteiger partial charge in [-0.3, -0.25) is 4.79 Å². The lowest BCUT2D eigenvalue weighted by Crippen LogP contribution is -2.43. The van der Waals surface area contributed by atoms with Crippen LogP contribution in [0.3, 0.4) is 0 Å². The molecule has 0 aromatic rings. The highest BCUT2D eigenvalue weighted by Crippen LogP contribution is 2.24. The Morgan fingerprint density at radius 2 is 1.82 bits per heavy atom. The van der Waals surface area contributed by atoms with Crippen LogP contribution in [0, 0.1) is 0 Å². The Balaban J connectivity index is 1.87. The van der Waals surface area contributed by atoms with Crippen molar-refractivity contribution in [3.05, 3.63) is 0 Å². The molecule has 0 radical (unpaired) electrons. The SMILES string of the molecule is CS(=O)(=O)NCC1OC(CC(=O)N2CCOCC2)C(O)C1O. The van der Waals surface area contributed by atoms with Crippen molar-refractivity contribution in [2.45, 2.75) is 30.8 Å². The summed E-state index contributed by atoms with van der Waals surface area (Å²) >= 11 is 0. The van der Waals surface area contributed by atoms with Crippen LogP contribution in [0.25, 0.3) is 0 Å². The van der Waals surface area contributed by atoms with Crippen molar-refractivity contribution in [2.75, 3.05) is 39.1 Å². The molecule has 3 N–H and O–H groups in total. The number of morpholine rings is 1. The van der Waals surface area contributed by atoms with Gasteiger partial charge in [0, 0.05) is 19.6 Å². The number of aliphatic hydroxyl groups is 2. The first-order valence-corrected chi connectivity index (χ1v) is 8.99. The van der Waals surface area contributed by atoms with Gasteiger partial charge in [-0.1, -0.05) is 0 Å². The molecule has 0 spiro atoms. The number of nitrogens with zero attached hydrogens (tertiary/aromatic N) is 1. The van der Waals surface area contributed by atoms with Crippen LogP contribution in [-0.4, -0.2) is 93.0 Å². The summed E-state index contributed by atoms with van der Waals surface area (Å²) in [6.07, 6.45) is -3.27. The number of amides is 1. The first-order chi connectivity index (χ1) is 10.3. The zero-order valence-electron chi connectivity index (χ0n) is 12.3. The Hall–Kier alpha value is -0.780. The van der Waals surface area contributed by atoms with Crippen LogP contribution in [0.2, 0.25) is 0 Å². The Kier molecular flexibility index (Phi) is 5.75. The molecular weight excluding hydrogens is 316 g/mol. The number of rotatable bonds is 5. The third kappa shape index (κ3) is 4.61. The van der Waals surface area contributed by atoms with Crippen LogP contribution >= 0.6 is 0 Å². The second-order valence-electron chi connectivity index (χ2n) is 5.51. The quantitative estimate of drug-likeness (QED) is 0.497. The molecule has 2 aliphatic heterocycles. The number of hydrogen-bond donors (Lipinski definition) is 3. The second kappa shape index (κ2) is 7.20. The molecule has 9 nitrogen and oxygen atoms in total. The van der Waals surface area contributed by atoms with Gasteiger partial charge in [-0.15, -0.1) is 0 Å². The highest BCUT2D eigenvalue weighted by atomic mass is 32.2. The summed E-state index contributed by atoms with van der Waals surface area (Å²) in [7, 11) is -3.42. The van der Waals surface area contributed by atoms with Crippen molar-refractivity contribution in [2.24, 2.45) is 0 Å². The highest BCUT2D eigenvalue weighted by Gasteiger charge is 2.43. The fraction of sp³-hybridized carbons (Fsp3) is 0.917. The second-order valence-corrected chi connectivity index (χ2v) is 7.35. The van der Waals surface area contributed by atoms with E-state index in [-0.39, 0.29) is 18.9 Å². The summed E-state index contributed by atoms with van der Waals surface area (Å²) in [4.78, 5) is 13.7. The van der Waals surface area contributed by atoms with Gasteiger partial charge in [0.05, 0.1) is 32.0 Å². The van der Waals surface area contributed by atoms with Crippen molar-refractivity contribution in [1.82, 2.24) is 9.62 Å². The number of carbonyl (C=O) groups is 1. The molecule has 0 bridgehead atoms. The van der Waals surface area contributed by atoms with Gasteiger partial charge < -0.3 is 24.6 Å². The van der Waals surface area contributed by atoms with Gasteiger partial charge in [-0.25, -0.2) is 13.1 Å². The predicted molar refractivity (Wildman–Crippen MR) is 75.5 cm³/mol. The average molecular weight is 338 g/mol. The van der Waals surface area contributed by atoms with E-state index in [1.807, 2.05) is 0 Å². The van der Waals surface area contributed by atoms with E-state index in [0.29, 0.717) is 26.3 Å². The fourth-order valence-corrected chi connectivity index (χ4v) is 2.98. The van der Waals surface area contributed by atoms with E-state index in [4.69, 9.17) is 9.47 Å². The minimum atomic E-state index is -3.42. The monoisotopic (exact) mass is 338 g/mol. The normalized spacial score (nSPS) is 33.1. The van der Waals surface area contributed by atoms with Crippen molar-refractivity contribution in [3.63, 3.8) is 0 Å². The van der Waals surface area contributed by atoms with Crippen LogP contribution in [0.1, 0.15) is 6.42 Å². The van der Waals surface area contributed by atoms with Gasteiger partial charge >= 0.3 is 0 Å². The van der Waals surface area contributed by atoms with E-state index in [2.05, 4.69) is 4.72 Å². The van der Waals surface area contributed by atoms with Gasteiger partial charge in [-0.2, -0.15) is 0 Å². The van der Waals surface area contributed by atoms with Crippen molar-refractivity contribution < 1.29 is 32.9 Å². The number of ether oxygens (including phenoxy) is 2. The standard InChI is InChI=1S/C12H22N2O7S/c1-22(18,19)13-7-9-12(17)11(16)8(21-9)6-10(15)14-2-4-20-5-3-14/h8-9,11-13,16-17H,2-7H2,1H3. The van der Waals surface area contributed by atoms with Gasteiger partial charge in [0.15, 0.2) is 0 Å². The Morgan fingerprint density at radius 3 is 2.41 bits per heavy atom. The van der Waals surface area contributed by atoms with Gasteiger partial charge in [-0.05, 0) is 0 Å². The lowest BCUT2D eigenvalue weighted by molar-refractivity contribution is -0.139. The van der Waals surface area contributed by atoms with Crippen molar-refractivity contribution in [3.8, 4) is 0 Å². The smallest absolute Gasteiger partial charge is 0.225 e. The molecule has 2 rings (SSSR count). The van der Waals surface area contributed by atoms with Crippen molar-refractivity contribution in [1.29, 1.82) is 0 Å². The molecule has 0 aliphatic carbocycles. The Labute approximate surface area is 129 Å². The minimum Gasteiger partial charge on any atom is -0.388 e. The summed E-state index contributed by atoms with van der Waals surface area (Å²) < 4.78 is 34.9. The summed E-state index contributed by atoms with van der Waals surface area (Å²) in [5, 5.41) is 19.9. The molecule has 2 aliphatic rings. The number of hydrogen-bond acceptors (Lipinski definition) is 7. The van der Waals surface area contributed by atoms with E-state index in [1.165, 1.54) is 0 Å². The zero-order valence-corrected chi connectivity index (χ0v) is 13.2. The van der Waals surface area contributed by atoms with Crippen LogP contribution in [0.4, 0.5) is 0 Å². The van der Waals surface area contributed by atoms with E-state index >= 15 is 0 Å². The van der Waals surface area contributed by atoms with Crippen LogP contribution < -0.4 is 4.72 Å². The molecule has 0 aromatic heterocycles. The molecule has 0 aromatic carbocycles. The predicted octanol–water partition coefficient (Wildman–Crippen LogP) is -2.73. The molecule has 2 heterocycles. The summed E-state index contributed by atoms with van der Waals surface area (Å²) in [6.45, 7) is 1.78. The topological polar surface area (TPSA) is 125 Å².